The molecule has 0 saturated carbocycles. The first-order chi connectivity index (χ1) is 13.0. The Morgan fingerprint density at radius 2 is 1.93 bits per heavy atom. The Balaban J connectivity index is 2.09. The molecule has 0 aliphatic carbocycles. The van der Waals surface area contributed by atoms with E-state index in [9.17, 15) is 28.1 Å². The quantitative estimate of drug-likeness (QED) is 0.369. The van der Waals surface area contributed by atoms with Crippen LogP contribution in [0.15, 0.2) is 36.4 Å². The van der Waals surface area contributed by atoms with E-state index in [4.69, 9.17) is 27.9 Å². The van der Waals surface area contributed by atoms with Crippen molar-refractivity contribution in [3.05, 3.63) is 67.7 Å². The molecule has 0 heterocycles. The Labute approximate surface area is 167 Å². The monoisotopic (exact) mass is 436 g/mol. The van der Waals surface area contributed by atoms with Gasteiger partial charge in [-0.15, -0.1) is 0 Å². The number of nitro benzene ring substituents is 1. The van der Waals surface area contributed by atoms with Crippen molar-refractivity contribution < 1.29 is 27.6 Å². The van der Waals surface area contributed by atoms with Crippen LogP contribution in [0, 0.1) is 10.1 Å². The van der Waals surface area contributed by atoms with Crippen molar-refractivity contribution in [2.75, 3.05) is 5.32 Å². The van der Waals surface area contributed by atoms with Crippen LogP contribution >= 0.6 is 23.2 Å². The number of hydrogen-bond acceptors (Lipinski definition) is 5. The first-order valence-electron chi connectivity index (χ1n) is 7.71. The molecule has 28 heavy (non-hydrogen) atoms. The van der Waals surface area contributed by atoms with E-state index in [2.05, 4.69) is 5.32 Å². The van der Waals surface area contributed by atoms with Gasteiger partial charge in [0.25, 0.3) is 5.69 Å². The van der Waals surface area contributed by atoms with Gasteiger partial charge in [-0.05, 0) is 31.2 Å². The predicted octanol–water partition coefficient (Wildman–Crippen LogP) is 5.46. The molecule has 0 radical (unpaired) electrons. The van der Waals surface area contributed by atoms with Gasteiger partial charge in [0.05, 0.1) is 10.5 Å². The number of halogens is 5. The molecule has 0 bridgehead atoms. The summed E-state index contributed by atoms with van der Waals surface area (Å²) in [6.45, 7) is 1.18. The van der Waals surface area contributed by atoms with E-state index in [1.807, 2.05) is 0 Å². The highest BCUT2D eigenvalue weighted by Gasteiger charge is 2.33. The molecule has 1 atom stereocenters. The zero-order chi connectivity index (χ0) is 21.1. The number of benzene rings is 2. The summed E-state index contributed by atoms with van der Waals surface area (Å²) in [5, 5.41) is 14.3. The molecule has 2 aromatic rings. The van der Waals surface area contributed by atoms with Crippen molar-refractivity contribution in [3.63, 3.8) is 0 Å². The van der Waals surface area contributed by atoms with Crippen LogP contribution in [0.3, 0.4) is 0 Å². The molecule has 2 aromatic carbocycles. The van der Waals surface area contributed by atoms with Crippen LogP contribution in [0.4, 0.5) is 24.5 Å². The number of carbonyl (C=O) groups excluding carboxylic acids is 1. The van der Waals surface area contributed by atoms with Gasteiger partial charge in [-0.3, -0.25) is 10.1 Å². The molecule has 0 aliphatic heterocycles. The molecular weight excluding hydrogens is 424 g/mol. The second-order valence-electron chi connectivity index (χ2n) is 5.70. The lowest BCUT2D eigenvalue weighted by atomic mass is 10.1. The van der Waals surface area contributed by atoms with Gasteiger partial charge in [-0.1, -0.05) is 29.3 Å². The summed E-state index contributed by atoms with van der Waals surface area (Å²) in [4.78, 5) is 22.2. The molecule has 0 fully saturated rings. The van der Waals surface area contributed by atoms with E-state index in [-0.39, 0.29) is 12.3 Å². The van der Waals surface area contributed by atoms with E-state index in [0.29, 0.717) is 27.7 Å². The maximum Gasteiger partial charge on any atom is 0.416 e. The third kappa shape index (κ3) is 5.49. The summed E-state index contributed by atoms with van der Waals surface area (Å²) in [6.07, 6.45) is -4.73. The molecule has 0 aromatic heterocycles. The summed E-state index contributed by atoms with van der Waals surface area (Å²) in [6, 6.07) is 5.50. The van der Waals surface area contributed by atoms with E-state index in [0.717, 1.165) is 6.07 Å². The van der Waals surface area contributed by atoms with Crippen LogP contribution in [0.25, 0.3) is 0 Å². The summed E-state index contributed by atoms with van der Waals surface area (Å²) in [7, 11) is 0. The van der Waals surface area contributed by atoms with E-state index in [1.54, 1.807) is 12.1 Å². The van der Waals surface area contributed by atoms with Crippen LogP contribution in [-0.4, -0.2) is 16.9 Å². The molecule has 0 saturated heterocycles. The molecule has 6 nitrogen and oxygen atoms in total. The maximum absolute atomic E-state index is 12.7. The minimum Gasteiger partial charge on any atom is -0.459 e. The maximum atomic E-state index is 12.7. The number of ether oxygens (including phenoxy) is 1. The molecule has 0 aliphatic rings. The van der Waals surface area contributed by atoms with Crippen molar-refractivity contribution >= 4 is 40.5 Å². The highest BCUT2D eigenvalue weighted by molar-refractivity contribution is 6.35. The van der Waals surface area contributed by atoms with Gasteiger partial charge in [-0.25, -0.2) is 4.79 Å². The zero-order valence-corrected chi connectivity index (χ0v) is 15.7. The number of nitro groups is 1. The number of carbonyl (C=O) groups is 1. The molecule has 2 rings (SSSR count). The Morgan fingerprint density at radius 1 is 1.25 bits per heavy atom. The summed E-state index contributed by atoms with van der Waals surface area (Å²) in [5.41, 5.74) is -1.73. The van der Waals surface area contributed by atoms with Crippen molar-refractivity contribution in [2.45, 2.75) is 25.7 Å². The Hall–Kier alpha value is -2.52. The number of nitrogens with one attached hydrogen (secondary N) is 1. The molecular formula is C17H13Cl2F3N2O4. The van der Waals surface area contributed by atoms with Crippen LogP contribution in [-0.2, 0) is 22.3 Å². The fourth-order valence-electron chi connectivity index (χ4n) is 2.19. The van der Waals surface area contributed by atoms with E-state index < -0.39 is 34.4 Å². The largest absolute Gasteiger partial charge is 0.459 e. The van der Waals surface area contributed by atoms with Gasteiger partial charge in [0, 0.05) is 21.7 Å². The Morgan fingerprint density at radius 3 is 2.50 bits per heavy atom. The van der Waals surface area contributed by atoms with E-state index >= 15 is 0 Å². The number of esters is 1. The molecule has 1 N–H and O–H groups in total. The van der Waals surface area contributed by atoms with Crippen LogP contribution in [0.5, 0.6) is 0 Å². The lowest BCUT2D eigenvalue weighted by Crippen LogP contribution is -2.28. The zero-order valence-electron chi connectivity index (χ0n) is 14.2. The molecule has 150 valence electrons. The first kappa shape index (κ1) is 21.8. The van der Waals surface area contributed by atoms with Gasteiger partial charge >= 0.3 is 12.1 Å². The third-order valence-corrected chi connectivity index (χ3v) is 4.22. The Kier molecular flexibility index (Phi) is 6.73. The molecule has 11 heteroatoms. The number of anilines is 1. The summed E-state index contributed by atoms with van der Waals surface area (Å²) >= 11 is 11.7. The average molecular weight is 437 g/mol. The van der Waals surface area contributed by atoms with Crippen LogP contribution in [0.2, 0.25) is 10.0 Å². The number of nitrogens with zero attached hydrogens (tertiary/aromatic N) is 1. The average Bonchev–Trinajstić information content (AvgIpc) is 2.59. The Bertz CT molecular complexity index is 906. The van der Waals surface area contributed by atoms with Crippen molar-refractivity contribution in [3.8, 4) is 0 Å². The topological polar surface area (TPSA) is 81.5 Å². The standard InChI is InChI=1S/C17H13Cl2F3N2O4/c1-9(16(25)28-8-10-2-4-12(18)7-13(10)19)23-14-5-3-11(17(20,21)22)6-15(14)24(26)27/h2-7,9,23H,8H2,1H3/t9-/m0/s1. The molecule has 0 amide bonds. The number of hydrogen-bond donors (Lipinski definition) is 1. The van der Waals surface area contributed by atoms with Crippen LogP contribution < -0.4 is 5.32 Å². The SMILES string of the molecule is C[C@H](Nc1ccc(C(F)(F)F)cc1[N+](=O)[O-])C(=O)OCc1ccc(Cl)cc1Cl. The highest BCUT2D eigenvalue weighted by atomic mass is 35.5. The van der Waals surface area contributed by atoms with Gasteiger partial charge in [0.2, 0.25) is 0 Å². The minimum absolute atomic E-state index is 0.171. The smallest absolute Gasteiger partial charge is 0.416 e. The number of alkyl halides is 3. The van der Waals surface area contributed by atoms with E-state index in [1.165, 1.54) is 13.0 Å². The summed E-state index contributed by atoms with van der Waals surface area (Å²) < 4.78 is 43.3. The summed E-state index contributed by atoms with van der Waals surface area (Å²) in [5.74, 6) is -0.778. The minimum atomic E-state index is -4.73. The number of rotatable bonds is 6. The van der Waals surface area contributed by atoms with Gasteiger partial charge in [-0.2, -0.15) is 13.2 Å². The second kappa shape index (κ2) is 8.66. The fraction of sp³-hybridized carbons (Fsp3) is 0.235. The van der Waals surface area contributed by atoms with Gasteiger partial charge in [0.15, 0.2) is 0 Å². The van der Waals surface area contributed by atoms with Crippen molar-refractivity contribution in [1.82, 2.24) is 0 Å². The van der Waals surface area contributed by atoms with Gasteiger partial charge in [0.1, 0.15) is 18.3 Å². The van der Waals surface area contributed by atoms with Gasteiger partial charge < -0.3 is 10.1 Å². The first-order valence-corrected chi connectivity index (χ1v) is 8.47. The lowest BCUT2D eigenvalue weighted by molar-refractivity contribution is -0.384. The predicted molar refractivity (Wildman–Crippen MR) is 97.4 cm³/mol. The molecule has 0 spiro atoms. The van der Waals surface area contributed by atoms with Crippen LogP contribution in [0.1, 0.15) is 18.1 Å². The second-order valence-corrected chi connectivity index (χ2v) is 6.54. The van der Waals surface area contributed by atoms with Crippen molar-refractivity contribution in [2.24, 2.45) is 0 Å². The van der Waals surface area contributed by atoms with Crippen molar-refractivity contribution in [1.29, 1.82) is 0 Å². The normalized spacial score (nSPS) is 12.4. The fourth-order valence-corrected chi connectivity index (χ4v) is 2.65. The lowest BCUT2D eigenvalue weighted by Gasteiger charge is -2.16. The highest BCUT2D eigenvalue weighted by Crippen LogP contribution is 2.35. The molecule has 0 unspecified atom stereocenters. The third-order valence-electron chi connectivity index (χ3n) is 3.63.